The van der Waals surface area contributed by atoms with Gasteiger partial charge in [0.1, 0.15) is 6.33 Å². The number of benzene rings is 3. The van der Waals surface area contributed by atoms with E-state index in [1.54, 1.807) is 6.33 Å². The Balaban J connectivity index is 0.000000198. The molecule has 0 spiro atoms. The SMILES string of the molecule is CC(C)(C)c1cc(-c2[c-]cccc2)ncn1.Cc1cc(-c2[c-]cccc2)ncc1-c1ccccc1.[Ir]. The van der Waals surface area contributed by atoms with Crippen LogP contribution < -0.4 is 0 Å². The van der Waals surface area contributed by atoms with Crippen molar-refractivity contribution in [3.05, 3.63) is 127 Å². The molecule has 3 nitrogen and oxygen atoms in total. The summed E-state index contributed by atoms with van der Waals surface area (Å²) in [5, 5.41) is 0. The molecule has 4 heteroatoms. The summed E-state index contributed by atoms with van der Waals surface area (Å²) in [5.41, 5.74) is 8.66. The Morgan fingerprint density at radius 3 is 1.78 bits per heavy atom. The zero-order valence-corrected chi connectivity index (χ0v) is 23.4. The van der Waals surface area contributed by atoms with Gasteiger partial charge >= 0.3 is 0 Å². The number of hydrogen-bond acceptors (Lipinski definition) is 3. The number of aryl methyl sites for hydroxylation is 1. The topological polar surface area (TPSA) is 38.7 Å². The fraction of sp³-hybridized carbons (Fsp3) is 0.156. The average molecular weight is 648 g/mol. The second kappa shape index (κ2) is 12.5. The van der Waals surface area contributed by atoms with Crippen LogP contribution in [0.2, 0.25) is 0 Å². The zero-order chi connectivity index (χ0) is 24.7. The van der Waals surface area contributed by atoms with Crippen LogP contribution in [0.5, 0.6) is 0 Å². The van der Waals surface area contributed by atoms with Gasteiger partial charge < -0.3 is 4.98 Å². The van der Waals surface area contributed by atoms with Gasteiger partial charge in [-0.25, -0.2) is 4.98 Å². The molecule has 0 saturated heterocycles. The van der Waals surface area contributed by atoms with Gasteiger partial charge in [-0.05, 0) is 29.4 Å². The maximum Gasteiger partial charge on any atom is 0.105 e. The molecule has 0 saturated carbocycles. The quantitative estimate of drug-likeness (QED) is 0.188. The number of aromatic nitrogens is 3. The summed E-state index contributed by atoms with van der Waals surface area (Å²) in [4.78, 5) is 13.1. The van der Waals surface area contributed by atoms with Crippen molar-refractivity contribution in [1.29, 1.82) is 0 Å². The van der Waals surface area contributed by atoms with Gasteiger partial charge in [0, 0.05) is 43.0 Å². The first-order chi connectivity index (χ1) is 16.9. The van der Waals surface area contributed by atoms with Crippen LogP contribution in [0.1, 0.15) is 32.0 Å². The molecule has 5 aromatic rings. The standard InChI is InChI=1S/C18H14N.C14H15N2.Ir/c1-14-12-18(16-10-6-3-7-11-16)19-13-17(14)15-8-4-2-5-9-15;1-14(2,3)13-9-12(15-10-16-13)11-7-5-4-6-8-11;/h2-10,12-13H,1H3;4-7,9-10H,1-3H3;/q2*-1;. The van der Waals surface area contributed by atoms with Gasteiger partial charge in [-0.1, -0.05) is 63.2 Å². The summed E-state index contributed by atoms with van der Waals surface area (Å²) in [5.74, 6) is 0. The molecule has 0 fully saturated rings. The van der Waals surface area contributed by atoms with E-state index in [-0.39, 0.29) is 25.5 Å². The maximum atomic E-state index is 4.55. The third kappa shape index (κ3) is 7.04. The van der Waals surface area contributed by atoms with E-state index in [0.29, 0.717) is 0 Å². The van der Waals surface area contributed by atoms with Gasteiger partial charge in [0.25, 0.3) is 0 Å². The third-order valence-electron chi connectivity index (χ3n) is 5.60. The molecular formula is C32H29IrN3-2. The number of pyridine rings is 1. The van der Waals surface area contributed by atoms with Gasteiger partial charge in [0.15, 0.2) is 0 Å². The molecule has 0 bridgehead atoms. The van der Waals surface area contributed by atoms with Gasteiger partial charge in [0.05, 0.1) is 0 Å². The third-order valence-corrected chi connectivity index (χ3v) is 5.60. The van der Waals surface area contributed by atoms with Crippen LogP contribution in [-0.2, 0) is 25.5 Å². The minimum absolute atomic E-state index is 0. The van der Waals surface area contributed by atoms with E-state index in [4.69, 9.17) is 0 Å². The van der Waals surface area contributed by atoms with Crippen molar-refractivity contribution in [3.8, 4) is 33.6 Å². The summed E-state index contributed by atoms with van der Waals surface area (Å²) >= 11 is 0. The monoisotopic (exact) mass is 648 g/mol. The fourth-order valence-corrected chi connectivity index (χ4v) is 3.64. The number of rotatable bonds is 3. The van der Waals surface area contributed by atoms with Crippen molar-refractivity contribution in [1.82, 2.24) is 15.0 Å². The molecule has 3 aromatic carbocycles. The van der Waals surface area contributed by atoms with Crippen molar-refractivity contribution >= 4 is 0 Å². The predicted molar refractivity (Wildman–Crippen MR) is 144 cm³/mol. The fourth-order valence-electron chi connectivity index (χ4n) is 3.64. The Kier molecular flexibility index (Phi) is 9.41. The van der Waals surface area contributed by atoms with E-state index in [2.05, 4.69) is 73.0 Å². The molecular weight excluding hydrogens is 619 g/mol. The van der Waals surface area contributed by atoms with E-state index in [1.165, 1.54) is 16.7 Å². The second-order valence-corrected chi connectivity index (χ2v) is 9.34. The Morgan fingerprint density at radius 1 is 0.667 bits per heavy atom. The molecule has 0 aliphatic heterocycles. The molecule has 0 aliphatic rings. The van der Waals surface area contributed by atoms with Gasteiger partial charge in [-0.2, -0.15) is 0 Å². The molecule has 183 valence electrons. The first-order valence-corrected chi connectivity index (χ1v) is 11.7. The number of hydrogen-bond donors (Lipinski definition) is 0. The molecule has 36 heavy (non-hydrogen) atoms. The molecule has 0 unspecified atom stereocenters. The van der Waals surface area contributed by atoms with Crippen LogP contribution in [-0.4, -0.2) is 15.0 Å². The summed E-state index contributed by atoms with van der Waals surface area (Å²) in [6.45, 7) is 8.56. The summed E-state index contributed by atoms with van der Waals surface area (Å²) < 4.78 is 0. The van der Waals surface area contributed by atoms with E-state index in [9.17, 15) is 0 Å². The van der Waals surface area contributed by atoms with Crippen molar-refractivity contribution in [3.63, 3.8) is 0 Å². The van der Waals surface area contributed by atoms with Crippen molar-refractivity contribution < 1.29 is 20.1 Å². The van der Waals surface area contributed by atoms with Crippen LogP contribution in [0.15, 0.2) is 104 Å². The minimum Gasteiger partial charge on any atom is -0.304 e. The first-order valence-electron chi connectivity index (χ1n) is 11.7. The van der Waals surface area contributed by atoms with Crippen LogP contribution >= 0.6 is 0 Å². The van der Waals surface area contributed by atoms with Gasteiger partial charge in [0.2, 0.25) is 0 Å². The molecule has 1 radical (unpaired) electrons. The molecule has 2 heterocycles. The first kappa shape index (κ1) is 27.1. The molecule has 0 atom stereocenters. The molecule has 0 N–H and O–H groups in total. The largest absolute Gasteiger partial charge is 0.304 e. The Bertz CT molecular complexity index is 1360. The maximum absolute atomic E-state index is 4.55. The van der Waals surface area contributed by atoms with E-state index in [1.807, 2.05) is 79.0 Å². The van der Waals surface area contributed by atoms with Crippen LogP contribution in [0.4, 0.5) is 0 Å². The molecule has 2 aromatic heterocycles. The predicted octanol–water partition coefficient (Wildman–Crippen LogP) is 7.76. The van der Waals surface area contributed by atoms with Crippen LogP contribution in [0, 0.1) is 19.1 Å². The summed E-state index contributed by atoms with van der Waals surface area (Å²) in [6, 6.07) is 36.7. The Labute approximate surface area is 228 Å². The van der Waals surface area contributed by atoms with Crippen LogP contribution in [0.3, 0.4) is 0 Å². The summed E-state index contributed by atoms with van der Waals surface area (Å²) in [7, 11) is 0. The van der Waals surface area contributed by atoms with E-state index < -0.39 is 0 Å². The second-order valence-electron chi connectivity index (χ2n) is 9.34. The molecule has 5 rings (SSSR count). The van der Waals surface area contributed by atoms with Crippen molar-refractivity contribution in [2.75, 3.05) is 0 Å². The van der Waals surface area contributed by atoms with E-state index in [0.717, 1.165) is 28.2 Å². The average Bonchev–Trinajstić information content (AvgIpc) is 2.90. The molecule has 0 aliphatic carbocycles. The van der Waals surface area contributed by atoms with Crippen molar-refractivity contribution in [2.24, 2.45) is 0 Å². The zero-order valence-electron chi connectivity index (χ0n) is 21.0. The van der Waals surface area contributed by atoms with Crippen LogP contribution in [0.25, 0.3) is 33.6 Å². The van der Waals surface area contributed by atoms with Crippen molar-refractivity contribution in [2.45, 2.75) is 33.1 Å². The van der Waals surface area contributed by atoms with Gasteiger partial charge in [-0.3, -0.25) is 4.98 Å². The smallest absolute Gasteiger partial charge is 0.105 e. The molecule has 0 amide bonds. The number of nitrogens with zero attached hydrogens (tertiary/aromatic N) is 3. The Hall–Kier alpha value is -3.46. The summed E-state index contributed by atoms with van der Waals surface area (Å²) in [6.07, 6.45) is 3.57. The minimum atomic E-state index is 0. The normalized spacial score (nSPS) is 10.6. The van der Waals surface area contributed by atoms with Gasteiger partial charge in [-0.15, -0.1) is 71.8 Å². The van der Waals surface area contributed by atoms with E-state index >= 15 is 0 Å². The Morgan fingerprint density at radius 2 is 1.25 bits per heavy atom.